The Morgan fingerprint density at radius 3 is 2.42 bits per heavy atom. The minimum atomic E-state index is -1.11. The molecule has 4 atom stereocenters. The van der Waals surface area contributed by atoms with Crippen molar-refractivity contribution in [3.05, 3.63) is 93.0 Å². The van der Waals surface area contributed by atoms with E-state index in [2.05, 4.69) is 36.7 Å². The van der Waals surface area contributed by atoms with Gasteiger partial charge in [-0.3, -0.25) is 9.59 Å². The van der Waals surface area contributed by atoms with E-state index in [4.69, 9.17) is 27.9 Å². The maximum atomic E-state index is 15.8. The molecule has 1 fully saturated rings. The Hall–Kier alpha value is -3.20. The molecular weight excluding hydrogens is 595 g/mol. The molecule has 1 saturated heterocycles. The van der Waals surface area contributed by atoms with Crippen molar-refractivity contribution >= 4 is 40.7 Å². The Morgan fingerprint density at radius 2 is 1.79 bits per heavy atom. The highest BCUT2D eigenvalue weighted by atomic mass is 35.5. The minimum absolute atomic E-state index is 0.0996. The first-order chi connectivity index (χ1) is 20.2. The molecule has 1 aliphatic heterocycles. The first-order valence-corrected chi connectivity index (χ1v) is 14.9. The summed E-state index contributed by atoms with van der Waals surface area (Å²) in [5.74, 6) is -2.58. The van der Waals surface area contributed by atoms with E-state index in [1.54, 1.807) is 36.4 Å². The molecule has 3 aromatic rings. The van der Waals surface area contributed by atoms with E-state index in [0.717, 1.165) is 0 Å². The van der Waals surface area contributed by atoms with Crippen LogP contribution in [0.5, 0.6) is 5.75 Å². The Balaban J connectivity index is 1.86. The van der Waals surface area contributed by atoms with Gasteiger partial charge in [-0.2, -0.15) is 0 Å². The van der Waals surface area contributed by atoms with Crippen molar-refractivity contribution < 1.29 is 23.1 Å². The van der Waals surface area contributed by atoms with Crippen molar-refractivity contribution in [1.29, 1.82) is 0 Å². The molecule has 0 saturated carbocycles. The van der Waals surface area contributed by atoms with Crippen LogP contribution in [0.15, 0.2) is 54.6 Å². The Kier molecular flexibility index (Phi) is 9.74. The molecular formula is C33H37Cl2F2N3O3. The first kappa shape index (κ1) is 32.7. The number of anilines is 1. The highest BCUT2D eigenvalue weighted by molar-refractivity contribution is 6.31. The molecule has 10 heteroatoms. The summed E-state index contributed by atoms with van der Waals surface area (Å²) in [6.07, 6.45) is 0.540. The molecule has 0 unspecified atom stereocenters. The van der Waals surface area contributed by atoms with E-state index in [0.29, 0.717) is 29.8 Å². The number of hydrogen-bond acceptors (Lipinski definition) is 4. The zero-order valence-corrected chi connectivity index (χ0v) is 26.6. The number of methoxy groups -OCH3 is 1. The van der Waals surface area contributed by atoms with Crippen LogP contribution < -0.4 is 20.7 Å². The second-order valence-electron chi connectivity index (χ2n) is 12.3. The second kappa shape index (κ2) is 12.8. The third-order valence-corrected chi connectivity index (χ3v) is 8.60. The fourth-order valence-corrected chi connectivity index (χ4v) is 6.45. The van der Waals surface area contributed by atoms with Crippen molar-refractivity contribution in [1.82, 2.24) is 10.6 Å². The molecule has 0 aliphatic carbocycles. The molecule has 1 aliphatic rings. The van der Waals surface area contributed by atoms with Crippen LogP contribution in [-0.2, 0) is 10.2 Å². The van der Waals surface area contributed by atoms with E-state index in [1.165, 1.54) is 25.3 Å². The summed E-state index contributed by atoms with van der Waals surface area (Å²) in [6.45, 7) is 10.3. The maximum Gasteiger partial charge on any atom is 0.251 e. The summed E-state index contributed by atoms with van der Waals surface area (Å²) in [6, 6.07) is 12.3. The predicted molar refractivity (Wildman–Crippen MR) is 167 cm³/mol. The summed E-state index contributed by atoms with van der Waals surface area (Å²) in [5.41, 5.74) is -0.157. The number of amides is 2. The van der Waals surface area contributed by atoms with E-state index in [-0.39, 0.29) is 32.7 Å². The number of halogens is 4. The van der Waals surface area contributed by atoms with Gasteiger partial charge in [0.25, 0.3) is 5.91 Å². The molecule has 0 bridgehead atoms. The lowest BCUT2D eigenvalue weighted by molar-refractivity contribution is -0.118. The Morgan fingerprint density at radius 1 is 1.07 bits per heavy atom. The number of nitrogens with one attached hydrogen (secondary N) is 3. The fraction of sp³-hybridized carbons (Fsp3) is 0.394. The van der Waals surface area contributed by atoms with Crippen LogP contribution in [0.25, 0.3) is 0 Å². The number of ether oxygens (including phenoxy) is 1. The number of rotatable bonds is 8. The molecule has 6 nitrogen and oxygen atoms in total. The number of carbonyl (C=O) groups excluding carboxylic acids is 2. The van der Waals surface area contributed by atoms with Gasteiger partial charge < -0.3 is 20.7 Å². The van der Waals surface area contributed by atoms with Gasteiger partial charge >= 0.3 is 0 Å². The molecule has 0 spiro atoms. The normalized spacial score (nSPS) is 21.9. The van der Waals surface area contributed by atoms with Crippen LogP contribution in [0.1, 0.15) is 68.4 Å². The average molecular weight is 633 g/mol. The zero-order chi connectivity index (χ0) is 31.7. The molecule has 3 N–H and O–H groups in total. The summed E-state index contributed by atoms with van der Waals surface area (Å²) in [7, 11) is 1.43. The zero-order valence-electron chi connectivity index (χ0n) is 25.1. The van der Waals surface area contributed by atoms with E-state index in [1.807, 2.05) is 13.8 Å². The summed E-state index contributed by atoms with van der Waals surface area (Å²) >= 11 is 12.4. The third-order valence-electron chi connectivity index (χ3n) is 8.07. The third kappa shape index (κ3) is 6.66. The standard InChI is InChI=1S/C33H37Cl2F2N3O3/c1-7-38-30(41)18-11-14-24(25(15-18)43-6)39-31(42)29-27(20-9-8-10-22(35)28(20)37)33(5,26(40-29)17-32(2,3)4)21-13-12-19(34)16-23(21)36/h8-16,26-27,29,40H,7,17H2,1-6H3,(H,38,41)(H,39,42)/t26-,27-,29+,33-/m0/s1. The smallest absolute Gasteiger partial charge is 0.251 e. The average Bonchev–Trinajstić information content (AvgIpc) is 3.21. The van der Waals surface area contributed by atoms with Gasteiger partial charge in [0.15, 0.2) is 0 Å². The van der Waals surface area contributed by atoms with Gasteiger partial charge in [-0.25, -0.2) is 8.78 Å². The van der Waals surface area contributed by atoms with Crippen LogP contribution in [0.3, 0.4) is 0 Å². The monoisotopic (exact) mass is 631 g/mol. The van der Waals surface area contributed by atoms with Crippen LogP contribution >= 0.6 is 23.2 Å². The highest BCUT2D eigenvalue weighted by Crippen LogP contribution is 2.53. The van der Waals surface area contributed by atoms with Gasteiger partial charge in [-0.05, 0) is 66.3 Å². The van der Waals surface area contributed by atoms with Gasteiger partial charge in [0.2, 0.25) is 5.91 Å². The van der Waals surface area contributed by atoms with Crippen molar-refractivity contribution in [2.75, 3.05) is 19.0 Å². The minimum Gasteiger partial charge on any atom is -0.495 e. The summed E-state index contributed by atoms with van der Waals surface area (Å²) < 4.78 is 37.1. The SMILES string of the molecule is CCNC(=O)c1ccc(NC(=O)[C@@H]2N[C@@H](CC(C)(C)C)[C@](C)(c3ccc(Cl)cc3F)[C@H]2c2cccc(Cl)c2F)c(OC)c1. The van der Waals surface area contributed by atoms with Crippen molar-refractivity contribution in [3.8, 4) is 5.75 Å². The topological polar surface area (TPSA) is 79.5 Å². The molecule has 4 rings (SSSR count). The second-order valence-corrected chi connectivity index (χ2v) is 13.1. The van der Waals surface area contributed by atoms with Crippen molar-refractivity contribution in [3.63, 3.8) is 0 Å². The molecule has 0 aromatic heterocycles. The molecule has 43 heavy (non-hydrogen) atoms. The fourth-order valence-electron chi connectivity index (χ4n) is 6.11. The van der Waals surface area contributed by atoms with Gasteiger partial charge in [-0.15, -0.1) is 0 Å². The van der Waals surface area contributed by atoms with E-state index < -0.39 is 41.0 Å². The molecule has 0 radical (unpaired) electrons. The van der Waals surface area contributed by atoms with Crippen LogP contribution in [-0.4, -0.2) is 37.6 Å². The van der Waals surface area contributed by atoms with Gasteiger partial charge in [0.05, 0.1) is 23.9 Å². The molecule has 230 valence electrons. The summed E-state index contributed by atoms with van der Waals surface area (Å²) in [4.78, 5) is 26.5. The lowest BCUT2D eigenvalue weighted by Crippen LogP contribution is -2.44. The van der Waals surface area contributed by atoms with E-state index >= 15 is 8.78 Å². The van der Waals surface area contributed by atoms with Gasteiger partial charge in [-0.1, -0.05) is 69.1 Å². The summed E-state index contributed by atoms with van der Waals surface area (Å²) in [5, 5.41) is 9.21. The lowest BCUT2D eigenvalue weighted by atomic mass is 9.63. The van der Waals surface area contributed by atoms with Crippen molar-refractivity contribution in [2.45, 2.75) is 64.5 Å². The van der Waals surface area contributed by atoms with Crippen LogP contribution in [0, 0.1) is 17.0 Å². The van der Waals surface area contributed by atoms with E-state index in [9.17, 15) is 9.59 Å². The molecule has 1 heterocycles. The Labute approximate surface area is 261 Å². The number of hydrogen-bond donors (Lipinski definition) is 3. The van der Waals surface area contributed by atoms with Crippen LogP contribution in [0.2, 0.25) is 10.0 Å². The number of carbonyl (C=O) groups is 2. The quantitative estimate of drug-likeness (QED) is 0.241. The first-order valence-electron chi connectivity index (χ1n) is 14.1. The predicted octanol–water partition coefficient (Wildman–Crippen LogP) is 7.49. The van der Waals surface area contributed by atoms with Gasteiger partial charge in [0.1, 0.15) is 17.4 Å². The lowest BCUT2D eigenvalue weighted by Gasteiger charge is -2.40. The largest absolute Gasteiger partial charge is 0.495 e. The maximum absolute atomic E-state index is 15.8. The van der Waals surface area contributed by atoms with Crippen molar-refractivity contribution in [2.24, 2.45) is 5.41 Å². The molecule has 3 aromatic carbocycles. The highest BCUT2D eigenvalue weighted by Gasteiger charge is 2.57. The Bertz CT molecular complexity index is 1530. The van der Waals surface area contributed by atoms with Crippen LogP contribution in [0.4, 0.5) is 14.5 Å². The molecule has 2 amide bonds. The number of benzene rings is 3. The van der Waals surface area contributed by atoms with Gasteiger partial charge in [0, 0.05) is 34.5 Å².